The summed E-state index contributed by atoms with van der Waals surface area (Å²) in [4.78, 5) is 8.63. The lowest BCUT2D eigenvalue weighted by atomic mass is 10.0. The number of nitrogens with one attached hydrogen (secondary N) is 1. The maximum absolute atomic E-state index is 12.5. The Balaban J connectivity index is 0.000000234. The molecule has 3 atom stereocenters. The van der Waals surface area contributed by atoms with Crippen LogP contribution in [-0.2, 0) is 0 Å². The predicted octanol–water partition coefficient (Wildman–Crippen LogP) is 4.73. The highest BCUT2D eigenvalue weighted by Crippen LogP contribution is 2.62. The molecule has 0 amide bonds. The van der Waals surface area contributed by atoms with E-state index in [0.717, 1.165) is 76.8 Å². The molecule has 0 saturated heterocycles. The fourth-order valence-electron chi connectivity index (χ4n) is 5.62. The molecule has 0 radical (unpaired) electrons. The molecule has 0 spiro atoms. The number of alkyl halides is 2. The Morgan fingerprint density at radius 1 is 1.14 bits per heavy atom. The molecule has 2 fully saturated rings. The lowest BCUT2D eigenvalue weighted by Gasteiger charge is -2.27. The Morgan fingerprint density at radius 3 is 2.54 bits per heavy atom. The first-order valence-electron chi connectivity index (χ1n) is 12.6. The van der Waals surface area contributed by atoms with Crippen molar-refractivity contribution in [3.05, 3.63) is 58.9 Å². The Morgan fingerprint density at radius 2 is 1.86 bits per heavy atom. The Kier molecular flexibility index (Phi) is 6.11. The molecule has 35 heavy (non-hydrogen) atoms. The van der Waals surface area contributed by atoms with E-state index >= 15 is 0 Å². The quantitative estimate of drug-likeness (QED) is 0.571. The summed E-state index contributed by atoms with van der Waals surface area (Å²) in [5.74, 6) is -2.15. The van der Waals surface area contributed by atoms with Crippen molar-refractivity contribution in [1.29, 1.82) is 0 Å². The van der Waals surface area contributed by atoms with Crippen LogP contribution in [0.15, 0.2) is 42.7 Å². The number of nitrogens with zero attached hydrogens (tertiary/aromatic N) is 3. The largest absolute Gasteiger partial charge is 0.383 e. The standard InChI is InChI=1S/C21H23N5.C7H10F2/c1-4-5-13(2)26-18-9-11-24-21(22)19(18)20(25-26)16-7-6-15-8-10-23-14(3)17(15)12-16;8-7(9)5-3-1-2-4-6(5)7/h6-13,25H,3-5H2,1-2H3,(H2,22,24);5-6H,1-4H2/b20-16-;. The van der Waals surface area contributed by atoms with E-state index in [4.69, 9.17) is 5.73 Å². The highest BCUT2D eigenvalue weighted by molar-refractivity contribution is 5.89. The first kappa shape index (κ1) is 23.5. The van der Waals surface area contributed by atoms with Crippen LogP contribution < -0.4 is 26.7 Å². The van der Waals surface area contributed by atoms with Gasteiger partial charge in [-0.05, 0) is 49.8 Å². The molecule has 2 saturated carbocycles. The van der Waals surface area contributed by atoms with Crippen molar-refractivity contribution in [3.63, 3.8) is 0 Å². The number of hydrogen-bond acceptors (Lipinski definition) is 5. The second-order valence-electron chi connectivity index (χ2n) is 9.95. The first-order valence-corrected chi connectivity index (χ1v) is 12.6. The zero-order valence-electron chi connectivity index (χ0n) is 20.4. The predicted molar refractivity (Wildman–Crippen MR) is 138 cm³/mol. The van der Waals surface area contributed by atoms with Crippen LogP contribution in [0.25, 0.3) is 23.0 Å². The number of hydrogen-bond donors (Lipinski definition) is 2. The summed E-state index contributed by atoms with van der Waals surface area (Å²) in [6.45, 7) is 8.48. The second-order valence-corrected chi connectivity index (χ2v) is 9.95. The van der Waals surface area contributed by atoms with Crippen LogP contribution in [0.5, 0.6) is 0 Å². The van der Waals surface area contributed by atoms with E-state index in [-0.39, 0.29) is 11.8 Å². The Hall–Kier alpha value is -3.22. The number of halogens is 2. The molecule has 0 bridgehead atoms. The van der Waals surface area contributed by atoms with E-state index in [1.165, 1.54) is 0 Å². The second kappa shape index (κ2) is 9.10. The van der Waals surface area contributed by atoms with Crippen molar-refractivity contribution in [2.45, 2.75) is 64.3 Å². The minimum absolute atomic E-state index is 0.216. The van der Waals surface area contributed by atoms with Crippen LogP contribution in [0.4, 0.5) is 20.3 Å². The molecular formula is C28H33F2N5. The van der Waals surface area contributed by atoms with Gasteiger partial charge in [-0.15, -0.1) is 0 Å². The number of benzene rings is 1. The van der Waals surface area contributed by atoms with Gasteiger partial charge in [-0.3, -0.25) is 15.4 Å². The number of aromatic nitrogens is 2. The van der Waals surface area contributed by atoms with E-state index in [0.29, 0.717) is 11.9 Å². The van der Waals surface area contributed by atoms with E-state index in [1.807, 2.05) is 12.1 Å². The average Bonchev–Trinajstić information content (AvgIpc) is 3.21. The Labute approximate surface area is 204 Å². The lowest BCUT2D eigenvalue weighted by molar-refractivity contribution is 0.0850. The van der Waals surface area contributed by atoms with Crippen LogP contribution in [-0.4, -0.2) is 21.9 Å². The molecule has 3 N–H and O–H groups in total. The number of nitrogens with two attached hydrogens (primary N) is 1. The molecule has 1 aromatic carbocycles. The van der Waals surface area contributed by atoms with Gasteiger partial charge in [0.25, 0.3) is 5.92 Å². The molecule has 184 valence electrons. The third-order valence-electron chi connectivity index (χ3n) is 7.63. The zero-order valence-corrected chi connectivity index (χ0v) is 20.4. The third kappa shape index (κ3) is 4.21. The van der Waals surface area contributed by atoms with Gasteiger partial charge in [0.15, 0.2) is 0 Å². The van der Waals surface area contributed by atoms with Crippen molar-refractivity contribution in [3.8, 4) is 0 Å². The first-order chi connectivity index (χ1) is 16.8. The number of rotatable bonds is 3. The third-order valence-corrected chi connectivity index (χ3v) is 7.63. The van der Waals surface area contributed by atoms with Crippen molar-refractivity contribution >= 4 is 34.6 Å². The van der Waals surface area contributed by atoms with Crippen molar-refractivity contribution < 1.29 is 8.78 Å². The van der Waals surface area contributed by atoms with Gasteiger partial charge in [-0.25, -0.2) is 13.8 Å². The SMILES string of the molecule is C=c1nccc2cc/c(=C3/NN(C(C)CCC)c4ccnc(N)c43)cc12.FC1(F)C2CCCCC21. The summed E-state index contributed by atoms with van der Waals surface area (Å²) in [7, 11) is 0. The number of pyridine rings is 2. The summed E-state index contributed by atoms with van der Waals surface area (Å²) in [5.41, 5.74) is 12.9. The molecule has 3 unspecified atom stereocenters. The lowest BCUT2D eigenvalue weighted by Crippen LogP contribution is -2.40. The molecule has 5 nitrogen and oxygen atoms in total. The number of fused-ring (bicyclic) bond motifs is 3. The van der Waals surface area contributed by atoms with E-state index in [1.54, 1.807) is 12.4 Å². The van der Waals surface area contributed by atoms with Gasteiger partial charge in [-0.1, -0.05) is 44.9 Å². The van der Waals surface area contributed by atoms with Crippen LogP contribution in [0.1, 0.15) is 57.9 Å². The van der Waals surface area contributed by atoms with Gasteiger partial charge >= 0.3 is 0 Å². The van der Waals surface area contributed by atoms with Crippen LogP contribution in [0.2, 0.25) is 0 Å². The maximum atomic E-state index is 12.5. The molecule has 2 aromatic heterocycles. The summed E-state index contributed by atoms with van der Waals surface area (Å²) < 4.78 is 25.0. The van der Waals surface area contributed by atoms with Gasteiger partial charge in [0.1, 0.15) is 5.82 Å². The minimum Gasteiger partial charge on any atom is -0.383 e. The van der Waals surface area contributed by atoms with Crippen LogP contribution >= 0.6 is 0 Å². The fraction of sp³-hybridized carbons (Fsp3) is 0.429. The molecule has 6 rings (SSSR count). The van der Waals surface area contributed by atoms with Gasteiger partial charge in [0, 0.05) is 40.9 Å². The Bertz CT molecular complexity index is 1340. The van der Waals surface area contributed by atoms with Gasteiger partial charge < -0.3 is 5.73 Å². The highest BCUT2D eigenvalue weighted by Gasteiger charge is 2.67. The normalized spacial score (nSPS) is 24.1. The van der Waals surface area contributed by atoms with Gasteiger partial charge in [0.05, 0.1) is 22.3 Å². The van der Waals surface area contributed by atoms with Crippen LogP contribution in [0.3, 0.4) is 0 Å². The van der Waals surface area contributed by atoms with E-state index in [9.17, 15) is 8.78 Å². The molecule has 2 aliphatic carbocycles. The molecule has 1 aliphatic heterocycles. The van der Waals surface area contributed by atoms with Crippen molar-refractivity contribution in [2.75, 3.05) is 10.7 Å². The van der Waals surface area contributed by atoms with E-state index in [2.05, 4.69) is 59.0 Å². The van der Waals surface area contributed by atoms with Crippen molar-refractivity contribution in [2.24, 2.45) is 11.8 Å². The summed E-state index contributed by atoms with van der Waals surface area (Å²) >= 11 is 0. The van der Waals surface area contributed by atoms with Crippen LogP contribution in [0, 0.1) is 11.8 Å². The molecular weight excluding hydrogens is 444 g/mol. The van der Waals surface area contributed by atoms with Gasteiger partial charge in [0.2, 0.25) is 0 Å². The highest BCUT2D eigenvalue weighted by atomic mass is 19.3. The molecule has 3 aliphatic rings. The molecule has 3 aromatic rings. The number of nitrogen functional groups attached to an aromatic ring is 1. The van der Waals surface area contributed by atoms with E-state index < -0.39 is 5.92 Å². The molecule has 7 heteroatoms. The topological polar surface area (TPSA) is 67.1 Å². The monoisotopic (exact) mass is 477 g/mol. The zero-order chi connectivity index (χ0) is 24.7. The maximum Gasteiger partial charge on any atom is 0.254 e. The smallest absolute Gasteiger partial charge is 0.254 e. The average molecular weight is 478 g/mol. The number of anilines is 2. The summed E-state index contributed by atoms with van der Waals surface area (Å²) in [5, 5.41) is 6.21. The number of hydrazine groups is 1. The fourth-order valence-corrected chi connectivity index (χ4v) is 5.62. The summed E-state index contributed by atoms with van der Waals surface area (Å²) in [6.07, 6.45) is 9.37. The van der Waals surface area contributed by atoms with Crippen molar-refractivity contribution in [1.82, 2.24) is 15.4 Å². The summed E-state index contributed by atoms with van der Waals surface area (Å²) in [6, 6.07) is 10.7. The van der Waals surface area contributed by atoms with Gasteiger partial charge in [-0.2, -0.15) is 0 Å². The minimum atomic E-state index is -2.25. The molecule has 3 heterocycles.